The van der Waals surface area contributed by atoms with E-state index < -0.39 is 5.60 Å². The molecule has 1 atom stereocenters. The van der Waals surface area contributed by atoms with Crippen LogP contribution in [0.3, 0.4) is 0 Å². The lowest BCUT2D eigenvalue weighted by molar-refractivity contribution is -0.146. The SMILES string of the molecule is O=C(C[C@]1(COc2ccc(F)cc2)CNCCO1)N1CCCCC1. The van der Waals surface area contributed by atoms with E-state index in [-0.39, 0.29) is 18.3 Å². The maximum atomic E-state index is 13.0. The van der Waals surface area contributed by atoms with Crippen LogP contribution in [0.2, 0.25) is 0 Å². The van der Waals surface area contributed by atoms with Crippen LogP contribution < -0.4 is 10.1 Å². The van der Waals surface area contributed by atoms with Gasteiger partial charge in [-0.15, -0.1) is 0 Å². The number of halogens is 1. The number of ether oxygens (including phenoxy) is 2. The standard InChI is InChI=1S/C18H25FN2O3/c19-15-4-6-16(7-5-15)23-14-18(13-20-8-11-24-18)12-17(22)21-9-2-1-3-10-21/h4-7,20H,1-3,8-14H2/t18-/m1/s1. The molecule has 0 aliphatic carbocycles. The molecule has 2 aliphatic rings. The van der Waals surface area contributed by atoms with Crippen molar-refractivity contribution >= 4 is 5.91 Å². The van der Waals surface area contributed by atoms with Crippen molar-refractivity contribution in [2.75, 3.05) is 39.4 Å². The largest absolute Gasteiger partial charge is 0.491 e. The number of hydrogen-bond donors (Lipinski definition) is 1. The summed E-state index contributed by atoms with van der Waals surface area (Å²) < 4.78 is 24.7. The zero-order valence-corrected chi connectivity index (χ0v) is 13.9. The Morgan fingerprint density at radius 3 is 2.67 bits per heavy atom. The minimum Gasteiger partial charge on any atom is -0.491 e. The summed E-state index contributed by atoms with van der Waals surface area (Å²) in [5, 5.41) is 3.29. The van der Waals surface area contributed by atoms with Gasteiger partial charge in [-0.2, -0.15) is 0 Å². The van der Waals surface area contributed by atoms with Crippen molar-refractivity contribution in [2.24, 2.45) is 0 Å². The van der Waals surface area contributed by atoms with E-state index in [1.165, 1.54) is 18.6 Å². The third-order valence-electron chi connectivity index (χ3n) is 4.63. The zero-order valence-electron chi connectivity index (χ0n) is 13.9. The highest BCUT2D eigenvalue weighted by atomic mass is 19.1. The molecule has 24 heavy (non-hydrogen) atoms. The molecule has 0 spiro atoms. The molecule has 0 radical (unpaired) electrons. The van der Waals surface area contributed by atoms with Crippen LogP contribution in [0.15, 0.2) is 24.3 Å². The lowest BCUT2D eigenvalue weighted by atomic mass is 9.97. The Hall–Kier alpha value is -1.66. The summed E-state index contributed by atoms with van der Waals surface area (Å²) in [6.07, 6.45) is 3.65. The Bertz CT molecular complexity index is 538. The topological polar surface area (TPSA) is 50.8 Å². The summed E-state index contributed by atoms with van der Waals surface area (Å²) in [6, 6.07) is 5.90. The molecule has 1 aromatic carbocycles. The van der Waals surface area contributed by atoms with E-state index in [0.29, 0.717) is 25.3 Å². The normalized spacial score (nSPS) is 24.6. The van der Waals surface area contributed by atoms with Gasteiger partial charge in [-0.25, -0.2) is 4.39 Å². The molecule has 0 bridgehead atoms. The van der Waals surface area contributed by atoms with Crippen molar-refractivity contribution in [1.82, 2.24) is 10.2 Å². The van der Waals surface area contributed by atoms with Gasteiger partial charge in [-0.1, -0.05) is 0 Å². The smallest absolute Gasteiger partial charge is 0.225 e. The number of hydrogen-bond acceptors (Lipinski definition) is 4. The van der Waals surface area contributed by atoms with E-state index in [0.717, 1.165) is 32.5 Å². The number of benzene rings is 1. The Balaban J connectivity index is 1.62. The van der Waals surface area contributed by atoms with Gasteiger partial charge in [0.2, 0.25) is 5.91 Å². The van der Waals surface area contributed by atoms with Crippen LogP contribution in [0.5, 0.6) is 5.75 Å². The van der Waals surface area contributed by atoms with Crippen LogP contribution in [0.4, 0.5) is 4.39 Å². The molecule has 1 aromatic rings. The number of amides is 1. The molecule has 1 amide bonds. The van der Waals surface area contributed by atoms with E-state index in [2.05, 4.69) is 5.32 Å². The van der Waals surface area contributed by atoms with Gasteiger partial charge in [0, 0.05) is 26.2 Å². The van der Waals surface area contributed by atoms with Gasteiger partial charge in [-0.05, 0) is 43.5 Å². The molecule has 2 heterocycles. The maximum Gasteiger partial charge on any atom is 0.225 e. The Kier molecular flexibility index (Phi) is 5.68. The third-order valence-corrected chi connectivity index (χ3v) is 4.63. The van der Waals surface area contributed by atoms with Crippen molar-refractivity contribution in [3.8, 4) is 5.75 Å². The summed E-state index contributed by atoms with van der Waals surface area (Å²) >= 11 is 0. The van der Waals surface area contributed by atoms with Crippen LogP contribution in [-0.2, 0) is 9.53 Å². The predicted octanol–water partition coefficient (Wildman–Crippen LogP) is 1.97. The number of nitrogens with zero attached hydrogens (tertiary/aromatic N) is 1. The first-order chi connectivity index (χ1) is 11.7. The fourth-order valence-corrected chi connectivity index (χ4v) is 3.24. The van der Waals surface area contributed by atoms with Gasteiger partial charge in [0.15, 0.2) is 0 Å². The van der Waals surface area contributed by atoms with Gasteiger partial charge in [0.1, 0.15) is 23.8 Å². The van der Waals surface area contributed by atoms with Crippen LogP contribution in [-0.4, -0.2) is 55.8 Å². The molecule has 2 saturated heterocycles. The minimum absolute atomic E-state index is 0.126. The Labute approximate surface area is 142 Å². The molecule has 5 nitrogen and oxygen atoms in total. The summed E-state index contributed by atoms with van der Waals surface area (Å²) in [5.41, 5.74) is -0.666. The molecular formula is C18H25FN2O3. The van der Waals surface area contributed by atoms with Crippen LogP contribution in [0, 0.1) is 5.82 Å². The van der Waals surface area contributed by atoms with Gasteiger partial charge in [0.25, 0.3) is 0 Å². The summed E-state index contributed by atoms with van der Waals surface area (Å²) in [4.78, 5) is 14.6. The quantitative estimate of drug-likeness (QED) is 0.893. The summed E-state index contributed by atoms with van der Waals surface area (Å²) in [5.74, 6) is 0.407. The van der Waals surface area contributed by atoms with Crippen molar-refractivity contribution < 1.29 is 18.7 Å². The van der Waals surface area contributed by atoms with Crippen molar-refractivity contribution in [1.29, 1.82) is 0 Å². The second-order valence-electron chi connectivity index (χ2n) is 6.57. The van der Waals surface area contributed by atoms with E-state index in [1.54, 1.807) is 12.1 Å². The maximum absolute atomic E-state index is 13.0. The minimum atomic E-state index is -0.666. The van der Waals surface area contributed by atoms with Gasteiger partial charge >= 0.3 is 0 Å². The number of nitrogens with one attached hydrogen (secondary N) is 1. The van der Waals surface area contributed by atoms with Gasteiger partial charge in [0.05, 0.1) is 13.0 Å². The second kappa shape index (κ2) is 7.94. The van der Waals surface area contributed by atoms with Gasteiger partial charge in [-0.3, -0.25) is 4.79 Å². The highest BCUT2D eigenvalue weighted by Gasteiger charge is 2.38. The summed E-state index contributed by atoms with van der Waals surface area (Å²) in [7, 11) is 0. The average molecular weight is 336 g/mol. The van der Waals surface area contributed by atoms with E-state index in [4.69, 9.17) is 9.47 Å². The molecule has 2 fully saturated rings. The number of rotatable bonds is 5. The molecule has 3 rings (SSSR count). The molecule has 2 aliphatic heterocycles. The van der Waals surface area contributed by atoms with Gasteiger partial charge < -0.3 is 19.7 Å². The van der Waals surface area contributed by atoms with Crippen molar-refractivity contribution in [3.05, 3.63) is 30.1 Å². The molecule has 0 aromatic heterocycles. The highest BCUT2D eigenvalue weighted by molar-refractivity contribution is 5.77. The van der Waals surface area contributed by atoms with E-state index in [1.807, 2.05) is 4.90 Å². The zero-order chi connectivity index (χ0) is 16.8. The van der Waals surface area contributed by atoms with Crippen LogP contribution in [0.1, 0.15) is 25.7 Å². The second-order valence-corrected chi connectivity index (χ2v) is 6.57. The Morgan fingerprint density at radius 1 is 1.25 bits per heavy atom. The van der Waals surface area contributed by atoms with Crippen molar-refractivity contribution in [3.63, 3.8) is 0 Å². The van der Waals surface area contributed by atoms with Crippen LogP contribution >= 0.6 is 0 Å². The monoisotopic (exact) mass is 336 g/mol. The van der Waals surface area contributed by atoms with E-state index in [9.17, 15) is 9.18 Å². The third kappa shape index (κ3) is 4.45. The van der Waals surface area contributed by atoms with Crippen LogP contribution in [0.25, 0.3) is 0 Å². The van der Waals surface area contributed by atoms with E-state index >= 15 is 0 Å². The first-order valence-corrected chi connectivity index (χ1v) is 8.68. The number of carbonyl (C=O) groups is 1. The lowest BCUT2D eigenvalue weighted by Gasteiger charge is -2.38. The molecule has 132 valence electrons. The molecule has 6 heteroatoms. The fraction of sp³-hybridized carbons (Fsp3) is 0.611. The molecule has 0 unspecified atom stereocenters. The first-order valence-electron chi connectivity index (χ1n) is 8.68. The fourth-order valence-electron chi connectivity index (χ4n) is 3.24. The number of piperidine rings is 1. The van der Waals surface area contributed by atoms with Crippen molar-refractivity contribution in [2.45, 2.75) is 31.3 Å². The predicted molar refractivity (Wildman–Crippen MR) is 88.5 cm³/mol. The number of morpholine rings is 1. The number of likely N-dealkylation sites (tertiary alicyclic amines) is 1. The number of carbonyl (C=O) groups excluding carboxylic acids is 1. The Morgan fingerprint density at radius 2 is 2.00 bits per heavy atom. The highest BCUT2D eigenvalue weighted by Crippen LogP contribution is 2.23. The molecule has 1 N–H and O–H groups in total. The molecule has 0 saturated carbocycles. The lowest BCUT2D eigenvalue weighted by Crippen LogP contribution is -2.56. The summed E-state index contributed by atoms with van der Waals surface area (Å²) in [6.45, 7) is 3.84. The molecular weight excluding hydrogens is 311 g/mol. The first kappa shape index (κ1) is 17.2. The average Bonchev–Trinajstić information content (AvgIpc) is 2.63.